The zero-order chi connectivity index (χ0) is 22.3. The van der Waals surface area contributed by atoms with Gasteiger partial charge in [0.2, 0.25) is 17.6 Å². The maximum absolute atomic E-state index is 12.6. The molecule has 2 rings (SSSR count). The predicted molar refractivity (Wildman–Crippen MR) is 103 cm³/mol. The van der Waals surface area contributed by atoms with Crippen molar-refractivity contribution in [3.05, 3.63) is 18.0 Å². The highest BCUT2D eigenvalue weighted by molar-refractivity contribution is 5.98. The highest BCUT2D eigenvalue weighted by Crippen LogP contribution is 2.29. The maximum Gasteiger partial charge on any atom is 0.290 e. The number of nitrogens with one attached hydrogen (secondary N) is 3. The first-order valence-electron chi connectivity index (χ1n) is 9.62. The number of ether oxygens (including phenoxy) is 2. The van der Waals surface area contributed by atoms with Crippen LogP contribution < -0.4 is 16.0 Å². The molecule has 11 heteroatoms. The standard InChI is InChI=1S/C19H28N4O7/c1-11(2)7-12(16(25)19(3)10-29-19)22-15(24)8-20-17(26)13(9-28-4)23-18(27)14-5-6-21-30-14/h5-6,11-13H,7-10H2,1-4H3,(H,20,26)(H,22,24)(H,23,27)/t12-,13-,19+/m0/s1. The topological polar surface area (TPSA) is 152 Å². The van der Waals surface area contributed by atoms with Crippen LogP contribution in [0.3, 0.4) is 0 Å². The Labute approximate surface area is 174 Å². The fourth-order valence-corrected chi connectivity index (χ4v) is 2.77. The van der Waals surface area contributed by atoms with Crippen LogP contribution in [0.15, 0.2) is 16.8 Å². The van der Waals surface area contributed by atoms with Crippen molar-refractivity contribution in [3.8, 4) is 0 Å². The summed E-state index contributed by atoms with van der Waals surface area (Å²) in [6.45, 7) is 5.42. The number of hydrogen-bond donors (Lipinski definition) is 3. The van der Waals surface area contributed by atoms with Crippen LogP contribution in [0.25, 0.3) is 0 Å². The first kappa shape index (κ1) is 23.5. The van der Waals surface area contributed by atoms with Gasteiger partial charge in [0.05, 0.1) is 32.0 Å². The van der Waals surface area contributed by atoms with Gasteiger partial charge in [0, 0.05) is 13.2 Å². The molecule has 0 spiro atoms. The van der Waals surface area contributed by atoms with E-state index in [9.17, 15) is 19.2 Å². The summed E-state index contributed by atoms with van der Waals surface area (Å²) in [6.07, 6.45) is 1.75. The van der Waals surface area contributed by atoms with Crippen molar-refractivity contribution >= 4 is 23.5 Å². The van der Waals surface area contributed by atoms with Crippen molar-refractivity contribution < 1.29 is 33.2 Å². The van der Waals surface area contributed by atoms with Crippen LogP contribution >= 0.6 is 0 Å². The monoisotopic (exact) mass is 424 g/mol. The van der Waals surface area contributed by atoms with Crippen LogP contribution in [0, 0.1) is 5.92 Å². The van der Waals surface area contributed by atoms with E-state index in [1.165, 1.54) is 19.4 Å². The summed E-state index contributed by atoms with van der Waals surface area (Å²) in [5.74, 6) is -1.86. The molecule has 1 saturated heterocycles. The second-order valence-corrected chi connectivity index (χ2v) is 7.71. The molecule has 3 amide bonds. The van der Waals surface area contributed by atoms with Crippen molar-refractivity contribution in [3.63, 3.8) is 0 Å². The Morgan fingerprint density at radius 3 is 2.47 bits per heavy atom. The third-order valence-corrected chi connectivity index (χ3v) is 4.50. The number of epoxide rings is 1. The average Bonchev–Trinajstić information content (AvgIpc) is 3.20. The molecule has 2 heterocycles. The molecular weight excluding hydrogens is 396 g/mol. The molecule has 0 unspecified atom stereocenters. The fourth-order valence-electron chi connectivity index (χ4n) is 2.77. The summed E-state index contributed by atoms with van der Waals surface area (Å²) >= 11 is 0. The molecule has 1 aliphatic rings. The van der Waals surface area contributed by atoms with Crippen molar-refractivity contribution in [1.29, 1.82) is 0 Å². The van der Waals surface area contributed by atoms with Crippen LogP contribution in [0.1, 0.15) is 37.7 Å². The van der Waals surface area contributed by atoms with E-state index in [4.69, 9.17) is 14.0 Å². The minimum Gasteiger partial charge on any atom is -0.382 e. The van der Waals surface area contributed by atoms with E-state index in [0.29, 0.717) is 13.0 Å². The summed E-state index contributed by atoms with van der Waals surface area (Å²) in [5, 5.41) is 11.0. The van der Waals surface area contributed by atoms with E-state index in [2.05, 4.69) is 21.1 Å². The van der Waals surface area contributed by atoms with Crippen LogP contribution in [-0.2, 0) is 23.9 Å². The van der Waals surface area contributed by atoms with Gasteiger partial charge >= 0.3 is 0 Å². The first-order chi connectivity index (χ1) is 14.2. The SMILES string of the molecule is COC[C@H](NC(=O)c1ccno1)C(=O)NCC(=O)N[C@@H](CC(C)C)C(=O)[C@@]1(C)CO1. The largest absolute Gasteiger partial charge is 0.382 e. The number of carbonyl (C=O) groups excluding carboxylic acids is 4. The number of carbonyl (C=O) groups is 4. The Hall–Kier alpha value is -2.79. The summed E-state index contributed by atoms with van der Waals surface area (Å²) < 4.78 is 14.9. The van der Waals surface area contributed by atoms with Crippen molar-refractivity contribution in [2.75, 3.05) is 26.9 Å². The van der Waals surface area contributed by atoms with Gasteiger partial charge in [-0.3, -0.25) is 19.2 Å². The Bertz CT molecular complexity index is 759. The zero-order valence-corrected chi connectivity index (χ0v) is 17.5. The number of ketones is 1. The van der Waals surface area contributed by atoms with E-state index in [1.807, 2.05) is 13.8 Å². The Kier molecular flexibility index (Phi) is 8.07. The van der Waals surface area contributed by atoms with Gasteiger partial charge in [0.25, 0.3) is 5.91 Å². The maximum atomic E-state index is 12.6. The number of methoxy groups -OCH3 is 1. The van der Waals surface area contributed by atoms with Crippen LogP contribution in [0.4, 0.5) is 0 Å². The molecule has 3 N–H and O–H groups in total. The van der Waals surface area contributed by atoms with Gasteiger partial charge < -0.3 is 29.9 Å². The second kappa shape index (κ2) is 10.3. The molecule has 0 aliphatic carbocycles. The molecule has 1 aromatic heterocycles. The molecular formula is C19H28N4O7. The summed E-state index contributed by atoms with van der Waals surface area (Å²) in [4.78, 5) is 49.3. The van der Waals surface area contributed by atoms with Gasteiger partial charge in [-0.2, -0.15) is 0 Å². The van der Waals surface area contributed by atoms with Gasteiger partial charge in [-0.05, 0) is 19.3 Å². The molecule has 0 aromatic carbocycles. The third-order valence-electron chi connectivity index (χ3n) is 4.50. The van der Waals surface area contributed by atoms with E-state index in [-0.39, 0.29) is 30.6 Å². The Morgan fingerprint density at radius 2 is 1.93 bits per heavy atom. The molecule has 30 heavy (non-hydrogen) atoms. The summed E-state index contributed by atoms with van der Waals surface area (Å²) in [6, 6.07) is -0.407. The number of hydrogen-bond acceptors (Lipinski definition) is 8. The van der Waals surface area contributed by atoms with Crippen molar-refractivity contribution in [2.45, 2.75) is 44.9 Å². The lowest BCUT2D eigenvalue weighted by atomic mass is 9.93. The Morgan fingerprint density at radius 1 is 1.23 bits per heavy atom. The minimum absolute atomic E-state index is 0.0625. The third kappa shape index (κ3) is 6.63. The zero-order valence-electron chi connectivity index (χ0n) is 17.5. The first-order valence-corrected chi connectivity index (χ1v) is 9.62. The van der Waals surface area contributed by atoms with Crippen molar-refractivity contribution in [1.82, 2.24) is 21.1 Å². The number of rotatable bonds is 12. The molecule has 166 valence electrons. The summed E-state index contributed by atoms with van der Waals surface area (Å²) in [7, 11) is 1.37. The summed E-state index contributed by atoms with van der Waals surface area (Å²) in [5.41, 5.74) is -0.857. The number of nitrogens with zero attached hydrogens (tertiary/aromatic N) is 1. The molecule has 1 aliphatic heterocycles. The molecule has 3 atom stereocenters. The molecule has 0 bridgehead atoms. The number of aromatic nitrogens is 1. The molecule has 11 nitrogen and oxygen atoms in total. The highest BCUT2D eigenvalue weighted by Gasteiger charge is 2.50. The second-order valence-electron chi connectivity index (χ2n) is 7.71. The lowest BCUT2D eigenvalue weighted by Gasteiger charge is -2.22. The highest BCUT2D eigenvalue weighted by atomic mass is 16.6. The van der Waals surface area contributed by atoms with E-state index in [1.54, 1.807) is 6.92 Å². The molecule has 1 fully saturated rings. The van der Waals surface area contributed by atoms with Gasteiger partial charge in [-0.15, -0.1) is 0 Å². The minimum atomic E-state index is -1.05. The molecule has 0 saturated carbocycles. The predicted octanol–water partition coefficient (Wildman–Crippen LogP) is -0.575. The van der Waals surface area contributed by atoms with Crippen molar-refractivity contribution in [2.24, 2.45) is 5.92 Å². The fraction of sp³-hybridized carbons (Fsp3) is 0.632. The van der Waals surface area contributed by atoms with Gasteiger partial charge in [0.15, 0.2) is 5.78 Å². The lowest BCUT2D eigenvalue weighted by molar-refractivity contribution is -0.131. The van der Waals surface area contributed by atoms with E-state index >= 15 is 0 Å². The van der Waals surface area contributed by atoms with Crippen LogP contribution in [-0.4, -0.2) is 73.2 Å². The molecule has 1 aromatic rings. The van der Waals surface area contributed by atoms with Crippen LogP contribution in [0.5, 0.6) is 0 Å². The number of amides is 3. The normalized spacial score (nSPS) is 19.6. The number of Topliss-reactive ketones (excluding diaryl/α,β-unsaturated/α-hetero) is 1. The smallest absolute Gasteiger partial charge is 0.290 e. The van der Waals surface area contributed by atoms with Gasteiger partial charge in [-0.25, -0.2) is 0 Å². The lowest BCUT2D eigenvalue weighted by Crippen LogP contribution is -2.53. The van der Waals surface area contributed by atoms with E-state index < -0.39 is 35.4 Å². The Balaban J connectivity index is 1.89. The van der Waals surface area contributed by atoms with Crippen LogP contribution in [0.2, 0.25) is 0 Å². The average molecular weight is 424 g/mol. The van der Waals surface area contributed by atoms with Gasteiger partial charge in [0.1, 0.15) is 11.6 Å². The quantitative estimate of drug-likeness (QED) is 0.377. The van der Waals surface area contributed by atoms with Gasteiger partial charge in [-0.1, -0.05) is 19.0 Å². The molecule has 0 radical (unpaired) electrons. The van der Waals surface area contributed by atoms with E-state index in [0.717, 1.165) is 0 Å².